The highest BCUT2D eigenvalue weighted by molar-refractivity contribution is 5.57. The van der Waals surface area contributed by atoms with Gasteiger partial charge in [-0.3, -0.25) is 0 Å². The summed E-state index contributed by atoms with van der Waals surface area (Å²) in [5, 5.41) is 7.19. The van der Waals surface area contributed by atoms with Crippen LogP contribution in [0, 0.1) is 0 Å². The number of hydrogen-bond acceptors (Lipinski definition) is 2. The summed E-state index contributed by atoms with van der Waals surface area (Å²) in [4.78, 5) is 0. The van der Waals surface area contributed by atoms with Crippen molar-refractivity contribution in [2.45, 2.75) is 51.1 Å². The highest BCUT2D eigenvalue weighted by Gasteiger charge is 2.27. The number of nitrogens with one attached hydrogen (secondary N) is 2. The summed E-state index contributed by atoms with van der Waals surface area (Å²) >= 11 is 0. The van der Waals surface area contributed by atoms with Crippen LogP contribution in [-0.2, 0) is 13.0 Å². The van der Waals surface area contributed by atoms with Crippen molar-refractivity contribution in [1.29, 1.82) is 0 Å². The third-order valence-corrected chi connectivity index (χ3v) is 4.31. The van der Waals surface area contributed by atoms with Crippen LogP contribution in [0.15, 0.2) is 18.2 Å². The fourth-order valence-corrected chi connectivity index (χ4v) is 3.10. The summed E-state index contributed by atoms with van der Waals surface area (Å²) in [6.45, 7) is 4.47. The van der Waals surface area contributed by atoms with E-state index in [4.69, 9.17) is 0 Å². The Kier molecular flexibility index (Phi) is 2.83. The van der Waals surface area contributed by atoms with E-state index in [1.165, 1.54) is 48.9 Å². The maximum Gasteiger partial charge on any atom is 0.0376 e. The number of benzene rings is 1. The van der Waals surface area contributed by atoms with Crippen LogP contribution < -0.4 is 10.6 Å². The van der Waals surface area contributed by atoms with Crippen molar-refractivity contribution in [2.24, 2.45) is 0 Å². The van der Waals surface area contributed by atoms with E-state index >= 15 is 0 Å². The van der Waals surface area contributed by atoms with Crippen LogP contribution in [0.5, 0.6) is 0 Å². The van der Waals surface area contributed by atoms with E-state index in [-0.39, 0.29) is 0 Å². The minimum Gasteiger partial charge on any atom is -0.384 e. The van der Waals surface area contributed by atoms with E-state index in [1.807, 2.05) is 0 Å². The fraction of sp³-hybridized carbons (Fsp3) is 0.600. The zero-order valence-electron chi connectivity index (χ0n) is 10.7. The SMILES string of the molecule is CC1(NCc2ccc3c(c2)NCC3)CCCC1. The second kappa shape index (κ2) is 4.34. The molecular weight excluding hydrogens is 208 g/mol. The predicted molar refractivity (Wildman–Crippen MR) is 72.3 cm³/mol. The van der Waals surface area contributed by atoms with E-state index in [1.54, 1.807) is 0 Å². The van der Waals surface area contributed by atoms with Crippen molar-refractivity contribution in [3.8, 4) is 0 Å². The van der Waals surface area contributed by atoms with Gasteiger partial charge in [0.25, 0.3) is 0 Å². The lowest BCUT2D eigenvalue weighted by Gasteiger charge is -2.25. The molecule has 0 bridgehead atoms. The van der Waals surface area contributed by atoms with Gasteiger partial charge >= 0.3 is 0 Å². The zero-order chi connectivity index (χ0) is 11.7. The van der Waals surface area contributed by atoms with Gasteiger partial charge in [0.15, 0.2) is 0 Å². The van der Waals surface area contributed by atoms with Gasteiger partial charge < -0.3 is 10.6 Å². The summed E-state index contributed by atoms with van der Waals surface area (Å²) in [6, 6.07) is 6.87. The summed E-state index contributed by atoms with van der Waals surface area (Å²) in [6.07, 6.45) is 6.61. The molecule has 17 heavy (non-hydrogen) atoms. The molecule has 1 aliphatic heterocycles. The van der Waals surface area contributed by atoms with E-state index in [2.05, 4.69) is 35.8 Å². The highest BCUT2D eigenvalue weighted by Crippen LogP contribution is 2.29. The van der Waals surface area contributed by atoms with Gasteiger partial charge in [-0.1, -0.05) is 25.0 Å². The van der Waals surface area contributed by atoms with E-state index < -0.39 is 0 Å². The molecule has 1 fully saturated rings. The molecule has 0 atom stereocenters. The van der Waals surface area contributed by atoms with Crippen molar-refractivity contribution in [2.75, 3.05) is 11.9 Å². The van der Waals surface area contributed by atoms with Gasteiger partial charge in [0.2, 0.25) is 0 Å². The molecule has 2 heteroatoms. The van der Waals surface area contributed by atoms with Crippen LogP contribution in [-0.4, -0.2) is 12.1 Å². The molecule has 3 rings (SSSR count). The Morgan fingerprint density at radius 3 is 2.94 bits per heavy atom. The summed E-state index contributed by atoms with van der Waals surface area (Å²) < 4.78 is 0. The molecule has 2 N–H and O–H groups in total. The second-order valence-corrected chi connectivity index (χ2v) is 5.79. The minimum atomic E-state index is 0.381. The molecule has 1 aliphatic carbocycles. The Labute approximate surface area is 104 Å². The first-order valence-corrected chi connectivity index (χ1v) is 6.86. The van der Waals surface area contributed by atoms with Gasteiger partial charge in [0.1, 0.15) is 0 Å². The molecule has 0 radical (unpaired) electrons. The Morgan fingerprint density at radius 2 is 2.12 bits per heavy atom. The number of hydrogen-bond donors (Lipinski definition) is 2. The standard InChI is InChI=1S/C15H22N2/c1-15(7-2-3-8-15)17-11-12-4-5-13-6-9-16-14(13)10-12/h4-5,10,16-17H,2-3,6-9,11H2,1H3. The van der Waals surface area contributed by atoms with E-state index in [0.717, 1.165) is 13.1 Å². The second-order valence-electron chi connectivity index (χ2n) is 5.79. The van der Waals surface area contributed by atoms with Crippen molar-refractivity contribution in [1.82, 2.24) is 5.32 Å². The number of rotatable bonds is 3. The average Bonchev–Trinajstić information content (AvgIpc) is 2.95. The predicted octanol–water partition coefficient (Wildman–Crippen LogP) is 3.08. The van der Waals surface area contributed by atoms with Gasteiger partial charge in [0.05, 0.1) is 0 Å². The normalized spacial score (nSPS) is 21.2. The van der Waals surface area contributed by atoms with Gasteiger partial charge in [-0.25, -0.2) is 0 Å². The monoisotopic (exact) mass is 230 g/mol. The van der Waals surface area contributed by atoms with Gasteiger partial charge in [0, 0.05) is 24.3 Å². The zero-order valence-corrected chi connectivity index (χ0v) is 10.7. The van der Waals surface area contributed by atoms with Crippen molar-refractivity contribution in [3.05, 3.63) is 29.3 Å². The van der Waals surface area contributed by atoms with Crippen LogP contribution in [0.1, 0.15) is 43.7 Å². The molecule has 0 unspecified atom stereocenters. The molecule has 1 saturated carbocycles. The third-order valence-electron chi connectivity index (χ3n) is 4.31. The van der Waals surface area contributed by atoms with Gasteiger partial charge in [-0.15, -0.1) is 0 Å². The first-order chi connectivity index (χ1) is 8.25. The Hall–Kier alpha value is -1.02. The van der Waals surface area contributed by atoms with Gasteiger partial charge in [-0.2, -0.15) is 0 Å². The fourth-order valence-electron chi connectivity index (χ4n) is 3.10. The summed E-state index contributed by atoms with van der Waals surface area (Å²) in [5.41, 5.74) is 4.61. The first kappa shape index (κ1) is 11.1. The van der Waals surface area contributed by atoms with Crippen LogP contribution >= 0.6 is 0 Å². The largest absolute Gasteiger partial charge is 0.384 e. The Bertz CT molecular complexity index is 405. The van der Waals surface area contributed by atoms with Gasteiger partial charge in [-0.05, 0) is 43.4 Å². The van der Waals surface area contributed by atoms with Crippen molar-refractivity contribution < 1.29 is 0 Å². The molecule has 0 spiro atoms. The molecule has 1 heterocycles. The van der Waals surface area contributed by atoms with E-state index in [0.29, 0.717) is 5.54 Å². The van der Waals surface area contributed by atoms with Crippen LogP contribution in [0.4, 0.5) is 5.69 Å². The molecule has 2 aliphatic rings. The molecule has 0 aromatic heterocycles. The maximum atomic E-state index is 3.74. The Balaban J connectivity index is 1.65. The lowest BCUT2D eigenvalue weighted by molar-refractivity contribution is 0.363. The maximum absolute atomic E-state index is 3.74. The molecular formula is C15H22N2. The number of anilines is 1. The molecule has 2 nitrogen and oxygen atoms in total. The Morgan fingerprint density at radius 1 is 1.29 bits per heavy atom. The number of fused-ring (bicyclic) bond motifs is 1. The van der Waals surface area contributed by atoms with Crippen LogP contribution in [0.25, 0.3) is 0 Å². The molecule has 1 aromatic rings. The quantitative estimate of drug-likeness (QED) is 0.834. The first-order valence-electron chi connectivity index (χ1n) is 6.86. The highest BCUT2D eigenvalue weighted by atomic mass is 15.0. The lowest BCUT2D eigenvalue weighted by Crippen LogP contribution is -2.38. The smallest absolute Gasteiger partial charge is 0.0376 e. The van der Waals surface area contributed by atoms with Crippen LogP contribution in [0.2, 0.25) is 0 Å². The van der Waals surface area contributed by atoms with E-state index in [9.17, 15) is 0 Å². The van der Waals surface area contributed by atoms with Crippen molar-refractivity contribution in [3.63, 3.8) is 0 Å². The minimum absolute atomic E-state index is 0.381. The van der Waals surface area contributed by atoms with Crippen LogP contribution in [0.3, 0.4) is 0 Å². The lowest BCUT2D eigenvalue weighted by atomic mass is 10.00. The molecule has 92 valence electrons. The van der Waals surface area contributed by atoms with Crippen molar-refractivity contribution >= 4 is 5.69 Å². The molecule has 0 amide bonds. The molecule has 1 aromatic carbocycles. The summed E-state index contributed by atoms with van der Waals surface area (Å²) in [7, 11) is 0. The molecule has 0 saturated heterocycles. The summed E-state index contributed by atoms with van der Waals surface area (Å²) in [5.74, 6) is 0. The topological polar surface area (TPSA) is 24.1 Å². The average molecular weight is 230 g/mol. The third kappa shape index (κ3) is 2.32.